The predicted octanol–water partition coefficient (Wildman–Crippen LogP) is 10.7. The van der Waals surface area contributed by atoms with Gasteiger partial charge in [0.05, 0.1) is 0 Å². The minimum absolute atomic E-state index is 0.917. The summed E-state index contributed by atoms with van der Waals surface area (Å²) in [4.78, 5) is 0. The lowest BCUT2D eigenvalue weighted by atomic mass is 9.50. The number of hydrogen-bond donors (Lipinski definition) is 0. The SMILES string of the molecule is CCCCCCCCC([B]C1CCCCCCCCCCC1)CCCCCCC. The fourth-order valence-corrected chi connectivity index (χ4v) is 5.31. The highest BCUT2D eigenvalue weighted by Gasteiger charge is 2.18. The van der Waals surface area contributed by atoms with Gasteiger partial charge in [-0.3, -0.25) is 0 Å². The summed E-state index contributed by atoms with van der Waals surface area (Å²) in [6.07, 6.45) is 35.3. The highest BCUT2D eigenvalue weighted by molar-refractivity contribution is 6.39. The lowest BCUT2D eigenvalue weighted by molar-refractivity contribution is 0.493. The zero-order valence-corrected chi connectivity index (χ0v) is 20.7. The van der Waals surface area contributed by atoms with Crippen molar-refractivity contribution in [3.05, 3.63) is 0 Å². The Kier molecular flexibility index (Phi) is 19.9. The Labute approximate surface area is 187 Å². The molecule has 0 aromatic carbocycles. The summed E-state index contributed by atoms with van der Waals surface area (Å²) in [6, 6.07) is 0. The molecule has 0 aromatic heterocycles. The lowest BCUT2D eigenvalue weighted by Crippen LogP contribution is -2.13. The van der Waals surface area contributed by atoms with E-state index in [1.165, 1.54) is 154 Å². The zero-order valence-electron chi connectivity index (χ0n) is 20.7. The molecule has 0 spiro atoms. The average Bonchev–Trinajstić information content (AvgIpc) is 2.72. The van der Waals surface area contributed by atoms with Gasteiger partial charge in [0.25, 0.3) is 0 Å². The molecule has 1 aliphatic carbocycles. The maximum atomic E-state index is 2.89. The summed E-state index contributed by atoms with van der Waals surface area (Å²) in [7, 11) is 2.89. The predicted molar refractivity (Wildman–Crippen MR) is 135 cm³/mol. The molecule has 29 heavy (non-hydrogen) atoms. The Morgan fingerprint density at radius 2 is 0.897 bits per heavy atom. The molecule has 0 aromatic rings. The van der Waals surface area contributed by atoms with Crippen molar-refractivity contribution in [1.82, 2.24) is 0 Å². The summed E-state index contributed by atoms with van der Waals surface area (Å²) >= 11 is 0. The Balaban J connectivity index is 2.39. The van der Waals surface area contributed by atoms with Crippen LogP contribution in [0.4, 0.5) is 0 Å². The van der Waals surface area contributed by atoms with Crippen molar-refractivity contribution >= 4 is 7.28 Å². The van der Waals surface area contributed by atoms with Crippen molar-refractivity contribution in [2.45, 2.75) is 180 Å². The van der Waals surface area contributed by atoms with E-state index in [-0.39, 0.29) is 0 Å². The van der Waals surface area contributed by atoms with Gasteiger partial charge >= 0.3 is 0 Å². The Morgan fingerprint density at radius 1 is 0.517 bits per heavy atom. The van der Waals surface area contributed by atoms with Crippen LogP contribution in [-0.2, 0) is 0 Å². The summed E-state index contributed by atoms with van der Waals surface area (Å²) in [6.45, 7) is 4.66. The minimum atomic E-state index is 0.917. The maximum absolute atomic E-state index is 2.89. The molecular formula is C28H56B. The van der Waals surface area contributed by atoms with Gasteiger partial charge in [-0.05, 0) is 0 Å². The maximum Gasteiger partial charge on any atom is 0.117 e. The standard InChI is InChI=1S/C28H56B/c1-3-5-7-9-16-20-24-27(23-19-15-8-6-4-2)29-28-25-21-17-13-11-10-12-14-18-22-26-28/h27-28H,3-26H2,1-2H3. The van der Waals surface area contributed by atoms with Gasteiger partial charge in [-0.2, -0.15) is 0 Å². The van der Waals surface area contributed by atoms with Crippen molar-refractivity contribution in [2.24, 2.45) is 0 Å². The fraction of sp³-hybridized carbons (Fsp3) is 1.00. The van der Waals surface area contributed by atoms with Crippen LogP contribution in [0.25, 0.3) is 0 Å². The van der Waals surface area contributed by atoms with Gasteiger partial charge in [-0.25, -0.2) is 0 Å². The first-order chi connectivity index (χ1) is 14.4. The normalized spacial score (nSPS) is 18.7. The van der Waals surface area contributed by atoms with E-state index >= 15 is 0 Å². The number of rotatable bonds is 15. The highest BCUT2D eigenvalue weighted by atomic mass is 14.1. The molecule has 0 aliphatic heterocycles. The van der Waals surface area contributed by atoms with Gasteiger partial charge in [0.1, 0.15) is 7.28 Å². The second kappa shape index (κ2) is 21.3. The third-order valence-corrected chi connectivity index (χ3v) is 7.30. The largest absolute Gasteiger partial charge is 0.117 e. The van der Waals surface area contributed by atoms with Crippen molar-refractivity contribution in [1.29, 1.82) is 0 Å². The van der Waals surface area contributed by atoms with Crippen LogP contribution in [0, 0.1) is 0 Å². The Hall–Kier alpha value is 0.0649. The van der Waals surface area contributed by atoms with Gasteiger partial charge in [-0.15, -0.1) is 0 Å². The van der Waals surface area contributed by atoms with E-state index < -0.39 is 0 Å². The minimum Gasteiger partial charge on any atom is -0.0686 e. The van der Waals surface area contributed by atoms with E-state index in [0.717, 1.165) is 11.6 Å². The molecule has 1 saturated carbocycles. The van der Waals surface area contributed by atoms with Gasteiger partial charge < -0.3 is 0 Å². The van der Waals surface area contributed by atoms with Crippen molar-refractivity contribution < 1.29 is 0 Å². The molecular weight excluding hydrogens is 347 g/mol. The molecule has 0 nitrogen and oxygen atoms in total. The molecule has 1 rings (SSSR count). The average molecular weight is 404 g/mol. The second-order valence-corrected chi connectivity index (χ2v) is 10.2. The molecule has 1 atom stereocenters. The summed E-state index contributed by atoms with van der Waals surface area (Å²) < 4.78 is 0. The van der Waals surface area contributed by atoms with Crippen molar-refractivity contribution in [2.75, 3.05) is 0 Å². The molecule has 1 fully saturated rings. The monoisotopic (exact) mass is 403 g/mol. The fourth-order valence-electron chi connectivity index (χ4n) is 5.31. The molecule has 0 saturated heterocycles. The first-order valence-corrected chi connectivity index (χ1v) is 14.2. The first kappa shape index (κ1) is 27.1. The van der Waals surface area contributed by atoms with Crippen molar-refractivity contribution in [3.8, 4) is 0 Å². The van der Waals surface area contributed by atoms with Crippen LogP contribution in [-0.4, -0.2) is 7.28 Å². The third-order valence-electron chi connectivity index (χ3n) is 7.30. The molecule has 1 radical (unpaired) electrons. The van der Waals surface area contributed by atoms with Crippen LogP contribution in [0.1, 0.15) is 168 Å². The Bertz CT molecular complexity index is 301. The third kappa shape index (κ3) is 17.4. The number of hydrogen-bond acceptors (Lipinski definition) is 0. The summed E-state index contributed by atoms with van der Waals surface area (Å²) in [5.41, 5.74) is 0. The van der Waals surface area contributed by atoms with Gasteiger partial charge in [0.2, 0.25) is 0 Å². The van der Waals surface area contributed by atoms with Crippen LogP contribution in [0.2, 0.25) is 11.6 Å². The van der Waals surface area contributed by atoms with Gasteiger partial charge in [0, 0.05) is 0 Å². The molecule has 0 amide bonds. The Morgan fingerprint density at radius 3 is 1.34 bits per heavy atom. The smallest absolute Gasteiger partial charge is 0.0686 e. The van der Waals surface area contributed by atoms with Crippen molar-refractivity contribution in [3.63, 3.8) is 0 Å². The van der Waals surface area contributed by atoms with Crippen LogP contribution in [0.15, 0.2) is 0 Å². The van der Waals surface area contributed by atoms with Crippen LogP contribution in [0.3, 0.4) is 0 Å². The number of unbranched alkanes of at least 4 members (excludes halogenated alkanes) is 9. The van der Waals surface area contributed by atoms with E-state index in [0.29, 0.717) is 0 Å². The zero-order chi connectivity index (χ0) is 20.8. The first-order valence-electron chi connectivity index (χ1n) is 14.2. The van der Waals surface area contributed by atoms with E-state index in [1.54, 1.807) is 0 Å². The molecule has 171 valence electrons. The molecule has 0 bridgehead atoms. The van der Waals surface area contributed by atoms with Crippen LogP contribution < -0.4 is 0 Å². The lowest BCUT2D eigenvalue weighted by Gasteiger charge is -2.23. The van der Waals surface area contributed by atoms with Gasteiger partial charge in [0.15, 0.2) is 0 Å². The molecule has 1 unspecified atom stereocenters. The summed E-state index contributed by atoms with van der Waals surface area (Å²) in [5.74, 6) is 1.84. The molecule has 0 N–H and O–H groups in total. The molecule has 1 heteroatoms. The molecule has 0 heterocycles. The van der Waals surface area contributed by atoms with Crippen LogP contribution >= 0.6 is 0 Å². The van der Waals surface area contributed by atoms with Crippen LogP contribution in [0.5, 0.6) is 0 Å². The van der Waals surface area contributed by atoms with E-state index in [1.807, 2.05) is 0 Å². The quantitative estimate of drug-likeness (QED) is 0.188. The second-order valence-electron chi connectivity index (χ2n) is 10.2. The van der Waals surface area contributed by atoms with E-state index in [2.05, 4.69) is 21.1 Å². The topological polar surface area (TPSA) is 0 Å². The highest BCUT2D eigenvalue weighted by Crippen LogP contribution is 2.32. The molecule has 1 aliphatic rings. The van der Waals surface area contributed by atoms with E-state index in [9.17, 15) is 0 Å². The summed E-state index contributed by atoms with van der Waals surface area (Å²) in [5, 5.41) is 0. The van der Waals surface area contributed by atoms with E-state index in [4.69, 9.17) is 0 Å². The van der Waals surface area contributed by atoms with Gasteiger partial charge in [-0.1, -0.05) is 180 Å².